The van der Waals surface area contributed by atoms with E-state index in [0.717, 1.165) is 25.1 Å². The van der Waals surface area contributed by atoms with Crippen molar-refractivity contribution in [3.8, 4) is 0 Å². The Labute approximate surface area is 184 Å². The second kappa shape index (κ2) is 12.9. The molecule has 188 valence electrons. The number of pyridine rings is 1. The predicted octanol–water partition coefficient (Wildman–Crippen LogP) is 1.94. The largest absolute Gasteiger partial charge is 0.490 e. The van der Waals surface area contributed by atoms with Gasteiger partial charge in [-0.1, -0.05) is 0 Å². The molecule has 1 amide bonds. The van der Waals surface area contributed by atoms with Crippen molar-refractivity contribution >= 4 is 17.8 Å². The highest BCUT2D eigenvalue weighted by Crippen LogP contribution is 2.21. The summed E-state index contributed by atoms with van der Waals surface area (Å²) in [5.74, 6) is -5.53. The number of rotatable bonds is 4. The number of hydrogen-bond acceptors (Lipinski definition) is 6. The normalized spacial score (nSPS) is 13.5. The van der Waals surface area contributed by atoms with Crippen LogP contribution in [0.3, 0.4) is 0 Å². The fourth-order valence-corrected chi connectivity index (χ4v) is 2.21. The minimum Gasteiger partial charge on any atom is -0.475 e. The van der Waals surface area contributed by atoms with Gasteiger partial charge >= 0.3 is 24.3 Å². The van der Waals surface area contributed by atoms with Crippen LogP contribution < -0.4 is 0 Å². The first-order chi connectivity index (χ1) is 15.0. The highest BCUT2D eigenvalue weighted by Gasteiger charge is 2.38. The lowest BCUT2D eigenvalue weighted by Gasteiger charge is -2.26. The summed E-state index contributed by atoms with van der Waals surface area (Å²) in [6.07, 6.45) is -5.36. The SMILES string of the molecule is CN1CCc2c(COCC(=O)N(C)C)cncc2C1.O=C(O)C(F)(F)F.O=C(O)C(F)(F)F. The van der Waals surface area contributed by atoms with E-state index in [0.29, 0.717) is 6.61 Å². The van der Waals surface area contributed by atoms with E-state index < -0.39 is 24.3 Å². The third kappa shape index (κ3) is 12.0. The van der Waals surface area contributed by atoms with Crippen LogP contribution in [0.5, 0.6) is 0 Å². The van der Waals surface area contributed by atoms with Gasteiger partial charge in [-0.05, 0) is 30.2 Å². The van der Waals surface area contributed by atoms with E-state index in [1.807, 2.05) is 12.4 Å². The lowest BCUT2D eigenvalue weighted by atomic mass is 9.98. The zero-order valence-electron chi connectivity index (χ0n) is 17.8. The molecule has 2 rings (SSSR count). The Bertz CT molecular complexity index is 790. The maximum absolute atomic E-state index is 11.4. The van der Waals surface area contributed by atoms with Gasteiger partial charge in [-0.2, -0.15) is 26.3 Å². The zero-order valence-corrected chi connectivity index (χ0v) is 17.8. The Morgan fingerprint density at radius 3 is 1.97 bits per heavy atom. The summed E-state index contributed by atoms with van der Waals surface area (Å²) in [6.45, 7) is 2.57. The van der Waals surface area contributed by atoms with E-state index >= 15 is 0 Å². The molecule has 15 heteroatoms. The topological polar surface area (TPSA) is 120 Å². The van der Waals surface area contributed by atoms with Crippen molar-refractivity contribution in [2.24, 2.45) is 0 Å². The van der Waals surface area contributed by atoms with Crippen molar-refractivity contribution in [2.45, 2.75) is 31.9 Å². The number of carboxylic acids is 2. The maximum Gasteiger partial charge on any atom is 0.490 e. The molecular weight excluding hydrogens is 468 g/mol. The monoisotopic (exact) mass is 491 g/mol. The first kappa shape index (κ1) is 30.1. The number of fused-ring (bicyclic) bond motifs is 1. The molecule has 0 bridgehead atoms. The van der Waals surface area contributed by atoms with Crippen molar-refractivity contribution < 1.29 is 55.7 Å². The van der Waals surface area contributed by atoms with Gasteiger partial charge in [0, 0.05) is 39.6 Å². The Morgan fingerprint density at radius 1 is 1.06 bits per heavy atom. The van der Waals surface area contributed by atoms with E-state index in [1.165, 1.54) is 16.0 Å². The van der Waals surface area contributed by atoms with Crippen molar-refractivity contribution in [1.29, 1.82) is 0 Å². The Hall–Kier alpha value is -2.94. The number of aliphatic carboxylic acids is 2. The van der Waals surface area contributed by atoms with Gasteiger partial charge in [0.2, 0.25) is 5.91 Å². The molecule has 2 N–H and O–H groups in total. The maximum atomic E-state index is 11.4. The van der Waals surface area contributed by atoms with Crippen LogP contribution in [0.2, 0.25) is 0 Å². The number of hydrogen-bond donors (Lipinski definition) is 2. The van der Waals surface area contributed by atoms with Gasteiger partial charge in [0.25, 0.3) is 0 Å². The van der Waals surface area contributed by atoms with Gasteiger partial charge in [-0.15, -0.1) is 0 Å². The van der Waals surface area contributed by atoms with E-state index in [2.05, 4.69) is 16.9 Å². The average Bonchev–Trinajstić information content (AvgIpc) is 2.67. The fourth-order valence-electron chi connectivity index (χ4n) is 2.21. The van der Waals surface area contributed by atoms with Crippen LogP contribution in [0.25, 0.3) is 0 Å². The summed E-state index contributed by atoms with van der Waals surface area (Å²) >= 11 is 0. The molecule has 1 aromatic heterocycles. The molecule has 2 heterocycles. The van der Waals surface area contributed by atoms with E-state index in [4.69, 9.17) is 24.5 Å². The molecule has 0 unspecified atom stereocenters. The lowest BCUT2D eigenvalue weighted by molar-refractivity contribution is -0.193. The standard InChI is InChI=1S/C14H21N3O2.2C2HF3O2/c1-16(2)14(18)10-19-9-12-7-15-6-11-8-17(3)5-4-13(11)12;2*3-2(4,5)1(6)7/h6-7H,4-5,8-10H2,1-3H3;2*(H,6,7). The van der Waals surface area contributed by atoms with Gasteiger partial charge in [0.1, 0.15) is 6.61 Å². The molecule has 0 atom stereocenters. The van der Waals surface area contributed by atoms with Crippen LogP contribution in [0.4, 0.5) is 26.3 Å². The Morgan fingerprint density at radius 2 is 1.55 bits per heavy atom. The lowest BCUT2D eigenvalue weighted by Crippen LogP contribution is -2.28. The molecule has 0 aromatic carbocycles. The predicted molar refractivity (Wildman–Crippen MR) is 100 cm³/mol. The molecule has 0 spiro atoms. The Balaban J connectivity index is 0.000000605. The van der Waals surface area contributed by atoms with E-state index in [1.54, 1.807) is 14.1 Å². The van der Waals surface area contributed by atoms with Crippen LogP contribution in [-0.2, 0) is 38.7 Å². The zero-order chi connectivity index (χ0) is 26.0. The van der Waals surface area contributed by atoms with Crippen LogP contribution in [-0.4, -0.2) is 89.5 Å². The Kier molecular flexibility index (Phi) is 11.8. The van der Waals surface area contributed by atoms with Gasteiger partial charge in [0.15, 0.2) is 0 Å². The highest BCUT2D eigenvalue weighted by atomic mass is 19.4. The summed E-state index contributed by atoms with van der Waals surface area (Å²) in [7, 11) is 5.57. The number of alkyl halides is 6. The number of amides is 1. The van der Waals surface area contributed by atoms with Crippen LogP contribution >= 0.6 is 0 Å². The molecule has 1 aromatic rings. The van der Waals surface area contributed by atoms with Crippen molar-refractivity contribution in [3.05, 3.63) is 29.1 Å². The number of carbonyl (C=O) groups excluding carboxylic acids is 1. The summed E-state index contributed by atoms with van der Waals surface area (Å²) in [6, 6.07) is 0. The quantitative estimate of drug-likeness (QED) is 0.614. The van der Waals surface area contributed by atoms with Crippen LogP contribution in [0, 0.1) is 0 Å². The minimum atomic E-state index is -5.08. The van der Waals surface area contributed by atoms with Crippen LogP contribution in [0.15, 0.2) is 12.4 Å². The second-order valence-electron chi connectivity index (χ2n) is 6.81. The summed E-state index contributed by atoms with van der Waals surface area (Å²) in [4.78, 5) is 37.3. The summed E-state index contributed by atoms with van der Waals surface area (Å²) in [5, 5.41) is 14.2. The molecular formula is C18H23F6N3O6. The average molecular weight is 491 g/mol. The smallest absolute Gasteiger partial charge is 0.475 e. The van der Waals surface area contributed by atoms with Gasteiger partial charge in [-0.3, -0.25) is 9.78 Å². The third-order valence-corrected chi connectivity index (χ3v) is 3.89. The number of aromatic nitrogens is 1. The third-order valence-electron chi connectivity index (χ3n) is 3.89. The first-order valence-corrected chi connectivity index (χ1v) is 8.98. The molecule has 0 aliphatic carbocycles. The molecule has 1 aliphatic rings. The van der Waals surface area contributed by atoms with Gasteiger partial charge in [-0.25, -0.2) is 9.59 Å². The number of carbonyl (C=O) groups is 3. The molecule has 1 aliphatic heterocycles. The van der Waals surface area contributed by atoms with E-state index in [-0.39, 0.29) is 12.5 Å². The minimum absolute atomic E-state index is 0.0162. The van der Waals surface area contributed by atoms with Crippen molar-refractivity contribution in [1.82, 2.24) is 14.8 Å². The van der Waals surface area contributed by atoms with Crippen molar-refractivity contribution in [3.63, 3.8) is 0 Å². The molecule has 9 nitrogen and oxygen atoms in total. The van der Waals surface area contributed by atoms with Gasteiger partial charge in [0.05, 0.1) is 6.61 Å². The van der Waals surface area contributed by atoms with E-state index in [9.17, 15) is 31.1 Å². The van der Waals surface area contributed by atoms with Crippen LogP contribution in [0.1, 0.15) is 16.7 Å². The molecule has 0 saturated heterocycles. The first-order valence-electron chi connectivity index (χ1n) is 8.98. The second-order valence-corrected chi connectivity index (χ2v) is 6.81. The molecule has 0 fully saturated rings. The summed E-state index contributed by atoms with van der Waals surface area (Å²) in [5.41, 5.74) is 3.72. The number of likely N-dealkylation sites (N-methyl/N-ethyl adjacent to an activating group) is 2. The highest BCUT2D eigenvalue weighted by molar-refractivity contribution is 5.76. The van der Waals surface area contributed by atoms with Crippen molar-refractivity contribution in [2.75, 3.05) is 34.3 Å². The summed E-state index contributed by atoms with van der Waals surface area (Å²) < 4.78 is 69.0. The number of ether oxygens (including phenoxy) is 1. The molecule has 0 saturated carbocycles. The molecule has 33 heavy (non-hydrogen) atoms. The fraction of sp³-hybridized carbons (Fsp3) is 0.556. The number of carboxylic acid groups (broad SMARTS) is 2. The van der Waals surface area contributed by atoms with Gasteiger partial charge < -0.3 is 24.7 Å². The number of nitrogens with zero attached hydrogens (tertiary/aromatic N) is 3. The number of halogens is 6. The molecule has 0 radical (unpaired) electrons.